The third kappa shape index (κ3) is 3.28. The minimum Gasteiger partial charge on any atom is -0.386 e. The predicted molar refractivity (Wildman–Crippen MR) is 74.3 cm³/mol. The average molecular weight is 288 g/mol. The Morgan fingerprint density at radius 3 is 2.95 bits per heavy atom. The Morgan fingerprint density at radius 1 is 1.63 bits per heavy atom. The van der Waals surface area contributed by atoms with Gasteiger partial charge >= 0.3 is 0 Å². The zero-order valence-corrected chi connectivity index (χ0v) is 12.5. The Labute approximate surface area is 119 Å². The molecule has 0 aliphatic carbocycles. The summed E-state index contributed by atoms with van der Waals surface area (Å²) in [7, 11) is 4.02. The summed E-state index contributed by atoms with van der Waals surface area (Å²) in [5.41, 5.74) is 0.714. The maximum absolute atomic E-state index is 10.6. The van der Waals surface area contributed by atoms with Crippen LogP contribution in [0.25, 0.3) is 0 Å². The van der Waals surface area contributed by atoms with Gasteiger partial charge in [-0.2, -0.15) is 5.10 Å². The van der Waals surface area contributed by atoms with E-state index in [-0.39, 0.29) is 12.0 Å². The van der Waals surface area contributed by atoms with Crippen LogP contribution in [0.4, 0.5) is 0 Å². The molecule has 1 N–H and O–H groups in total. The van der Waals surface area contributed by atoms with Gasteiger partial charge in [-0.25, -0.2) is 0 Å². The molecule has 3 atom stereocenters. The molecule has 2 heterocycles. The molecule has 108 valence electrons. The van der Waals surface area contributed by atoms with Crippen LogP contribution < -0.4 is 0 Å². The van der Waals surface area contributed by atoms with Gasteiger partial charge < -0.3 is 14.7 Å². The molecule has 0 amide bonds. The van der Waals surface area contributed by atoms with E-state index in [1.54, 1.807) is 10.9 Å². The number of hydrogen-bond acceptors (Lipinski definition) is 4. The number of ether oxygens (including phenoxy) is 1. The maximum Gasteiger partial charge on any atom is 0.102 e. The molecular weight excluding hydrogens is 266 g/mol. The highest BCUT2D eigenvalue weighted by atomic mass is 35.5. The Hall–Kier alpha value is -0.620. The Kier molecular flexibility index (Phi) is 4.84. The fourth-order valence-electron chi connectivity index (χ4n) is 2.50. The average Bonchev–Trinajstić information content (AvgIpc) is 2.92. The van der Waals surface area contributed by atoms with Gasteiger partial charge in [-0.15, -0.1) is 0 Å². The molecule has 6 heteroatoms. The predicted octanol–water partition coefficient (Wildman–Crippen LogP) is 1.56. The molecule has 5 nitrogen and oxygen atoms in total. The minimum absolute atomic E-state index is 0.0586. The SMILES string of the molecule is CC1OCCC1C(O)c1c(Cl)cnn1CCN(C)C. The van der Waals surface area contributed by atoms with Gasteiger partial charge in [0.25, 0.3) is 0 Å². The number of hydrogen-bond donors (Lipinski definition) is 1. The summed E-state index contributed by atoms with van der Waals surface area (Å²) in [6, 6.07) is 0. The fourth-order valence-corrected chi connectivity index (χ4v) is 2.76. The molecule has 1 aliphatic heterocycles. The smallest absolute Gasteiger partial charge is 0.102 e. The largest absolute Gasteiger partial charge is 0.386 e. The zero-order chi connectivity index (χ0) is 14.0. The number of nitrogens with zero attached hydrogens (tertiary/aromatic N) is 3. The van der Waals surface area contributed by atoms with Gasteiger partial charge in [-0.05, 0) is 27.4 Å². The Bertz CT molecular complexity index is 422. The number of aromatic nitrogens is 2. The van der Waals surface area contributed by atoms with Crippen LogP contribution in [0.3, 0.4) is 0 Å². The van der Waals surface area contributed by atoms with Crippen molar-refractivity contribution in [2.45, 2.75) is 32.1 Å². The van der Waals surface area contributed by atoms with Crippen molar-refractivity contribution in [2.24, 2.45) is 5.92 Å². The molecule has 0 saturated carbocycles. The molecular formula is C13H22ClN3O2. The lowest BCUT2D eigenvalue weighted by atomic mass is 9.93. The summed E-state index contributed by atoms with van der Waals surface area (Å²) in [4.78, 5) is 2.08. The van der Waals surface area contributed by atoms with E-state index >= 15 is 0 Å². The lowest BCUT2D eigenvalue weighted by Crippen LogP contribution is -2.25. The molecule has 1 aliphatic rings. The molecule has 19 heavy (non-hydrogen) atoms. The second-order valence-electron chi connectivity index (χ2n) is 5.38. The number of aliphatic hydroxyl groups excluding tert-OH is 1. The van der Waals surface area contributed by atoms with Crippen molar-refractivity contribution >= 4 is 11.6 Å². The van der Waals surface area contributed by atoms with Gasteiger partial charge in [-0.1, -0.05) is 11.6 Å². The molecule has 0 spiro atoms. The summed E-state index contributed by atoms with van der Waals surface area (Å²) >= 11 is 6.18. The van der Waals surface area contributed by atoms with Crippen LogP contribution in [0.5, 0.6) is 0 Å². The normalized spacial score (nSPS) is 25.2. The summed E-state index contributed by atoms with van der Waals surface area (Å²) in [5, 5.41) is 15.4. The summed E-state index contributed by atoms with van der Waals surface area (Å²) in [6.07, 6.45) is 1.91. The fraction of sp³-hybridized carbons (Fsp3) is 0.769. The topological polar surface area (TPSA) is 50.5 Å². The minimum atomic E-state index is -0.616. The molecule has 1 aromatic heterocycles. The molecule has 2 rings (SSSR count). The molecule has 1 aromatic rings. The zero-order valence-electron chi connectivity index (χ0n) is 11.7. The van der Waals surface area contributed by atoms with E-state index in [1.807, 2.05) is 21.0 Å². The van der Waals surface area contributed by atoms with E-state index in [1.165, 1.54) is 0 Å². The monoisotopic (exact) mass is 287 g/mol. The standard InChI is InChI=1S/C13H22ClN3O2/c1-9-10(4-7-19-9)13(18)12-11(14)8-15-17(12)6-5-16(2)3/h8-10,13,18H,4-7H2,1-3H3. The third-order valence-corrected chi connectivity index (χ3v) is 4.00. The van der Waals surface area contributed by atoms with Gasteiger partial charge in [0.2, 0.25) is 0 Å². The van der Waals surface area contributed by atoms with Gasteiger partial charge in [0.1, 0.15) is 6.10 Å². The van der Waals surface area contributed by atoms with E-state index in [2.05, 4.69) is 10.00 Å². The summed E-state index contributed by atoms with van der Waals surface area (Å²) in [6.45, 7) is 4.27. The van der Waals surface area contributed by atoms with Crippen molar-refractivity contribution in [3.05, 3.63) is 16.9 Å². The highest BCUT2D eigenvalue weighted by molar-refractivity contribution is 6.31. The molecule has 1 fully saturated rings. The van der Waals surface area contributed by atoms with E-state index in [9.17, 15) is 5.11 Å². The first kappa shape index (κ1) is 14.8. The second-order valence-corrected chi connectivity index (χ2v) is 5.78. The van der Waals surface area contributed by atoms with Crippen LogP contribution in [-0.4, -0.2) is 53.1 Å². The number of halogens is 1. The van der Waals surface area contributed by atoms with Crippen LogP contribution in [0.2, 0.25) is 5.02 Å². The first-order valence-corrected chi connectivity index (χ1v) is 7.04. The van der Waals surface area contributed by atoms with Crippen LogP contribution >= 0.6 is 11.6 Å². The van der Waals surface area contributed by atoms with Crippen LogP contribution in [0, 0.1) is 5.92 Å². The van der Waals surface area contributed by atoms with E-state index in [0.29, 0.717) is 23.9 Å². The third-order valence-electron chi connectivity index (χ3n) is 3.71. The lowest BCUT2D eigenvalue weighted by molar-refractivity contribution is 0.0386. The number of likely N-dealkylation sites (N-methyl/N-ethyl adjacent to an activating group) is 1. The van der Waals surface area contributed by atoms with Gasteiger partial charge in [0.15, 0.2) is 0 Å². The van der Waals surface area contributed by atoms with Crippen molar-refractivity contribution in [1.29, 1.82) is 0 Å². The molecule has 0 bridgehead atoms. The highest BCUT2D eigenvalue weighted by Gasteiger charge is 2.34. The van der Waals surface area contributed by atoms with Crippen molar-refractivity contribution in [3.8, 4) is 0 Å². The van der Waals surface area contributed by atoms with E-state index < -0.39 is 6.10 Å². The maximum atomic E-state index is 10.6. The molecule has 0 radical (unpaired) electrons. The first-order chi connectivity index (χ1) is 9.00. The van der Waals surface area contributed by atoms with Crippen molar-refractivity contribution < 1.29 is 9.84 Å². The lowest BCUT2D eigenvalue weighted by Gasteiger charge is -2.22. The molecule has 1 saturated heterocycles. The van der Waals surface area contributed by atoms with Crippen LogP contribution in [-0.2, 0) is 11.3 Å². The Balaban J connectivity index is 2.15. The van der Waals surface area contributed by atoms with Gasteiger partial charge in [0.05, 0.1) is 29.6 Å². The van der Waals surface area contributed by atoms with Crippen molar-refractivity contribution in [1.82, 2.24) is 14.7 Å². The summed E-state index contributed by atoms with van der Waals surface area (Å²) < 4.78 is 7.33. The summed E-state index contributed by atoms with van der Waals surface area (Å²) in [5.74, 6) is 0.0901. The van der Waals surface area contributed by atoms with Crippen LogP contribution in [0.15, 0.2) is 6.20 Å². The Morgan fingerprint density at radius 2 is 2.37 bits per heavy atom. The first-order valence-electron chi connectivity index (χ1n) is 6.66. The highest BCUT2D eigenvalue weighted by Crippen LogP contribution is 2.35. The van der Waals surface area contributed by atoms with Gasteiger partial charge in [0, 0.05) is 19.1 Å². The van der Waals surface area contributed by atoms with Crippen molar-refractivity contribution in [3.63, 3.8) is 0 Å². The van der Waals surface area contributed by atoms with E-state index in [0.717, 1.165) is 13.0 Å². The number of rotatable bonds is 5. The second kappa shape index (κ2) is 6.22. The van der Waals surface area contributed by atoms with Crippen LogP contribution in [0.1, 0.15) is 25.1 Å². The van der Waals surface area contributed by atoms with Crippen molar-refractivity contribution in [2.75, 3.05) is 27.2 Å². The number of aliphatic hydroxyl groups is 1. The molecule has 0 aromatic carbocycles. The molecule has 3 unspecified atom stereocenters. The van der Waals surface area contributed by atoms with E-state index in [4.69, 9.17) is 16.3 Å². The van der Waals surface area contributed by atoms with Gasteiger partial charge in [-0.3, -0.25) is 4.68 Å². The quantitative estimate of drug-likeness (QED) is 0.893.